The van der Waals surface area contributed by atoms with Crippen molar-refractivity contribution in [2.75, 3.05) is 26.3 Å². The Kier molecular flexibility index (Phi) is 5.68. The number of ether oxygens (including phenoxy) is 2. The molecule has 1 aliphatic heterocycles. The van der Waals surface area contributed by atoms with Crippen molar-refractivity contribution in [3.63, 3.8) is 0 Å². The summed E-state index contributed by atoms with van der Waals surface area (Å²) in [6.07, 6.45) is -0.476. The third-order valence-corrected chi connectivity index (χ3v) is 4.35. The zero-order valence-corrected chi connectivity index (χ0v) is 14.9. The number of nitrogens with zero attached hydrogens (tertiary/aromatic N) is 2. The number of carbonyl (C=O) groups is 2. The second-order valence-electron chi connectivity index (χ2n) is 6.05. The minimum atomic E-state index is -1.01. The third-order valence-electron chi connectivity index (χ3n) is 4.35. The first kappa shape index (κ1) is 18.1. The van der Waals surface area contributed by atoms with Crippen molar-refractivity contribution in [2.24, 2.45) is 0 Å². The van der Waals surface area contributed by atoms with Gasteiger partial charge in [0.2, 0.25) is 6.10 Å². The van der Waals surface area contributed by atoms with E-state index in [1.54, 1.807) is 24.0 Å². The molecule has 1 aromatic carbocycles. The van der Waals surface area contributed by atoms with Crippen molar-refractivity contribution in [2.45, 2.75) is 26.4 Å². The minimum Gasteiger partial charge on any atom is -0.444 e. The van der Waals surface area contributed by atoms with Gasteiger partial charge < -0.3 is 18.9 Å². The Morgan fingerprint density at radius 2 is 1.92 bits per heavy atom. The highest BCUT2D eigenvalue weighted by Gasteiger charge is 2.32. The Labute approximate surface area is 151 Å². The molecule has 1 amide bonds. The lowest BCUT2D eigenvalue weighted by atomic mass is 10.1. The monoisotopic (exact) mass is 358 g/mol. The van der Waals surface area contributed by atoms with Crippen LogP contribution in [0.1, 0.15) is 40.4 Å². The number of rotatable bonds is 5. The molecule has 1 aliphatic rings. The maximum Gasteiger partial charge on any atom is 0.344 e. The van der Waals surface area contributed by atoms with Crippen LogP contribution < -0.4 is 0 Å². The number of hydrogen-bond acceptors (Lipinski definition) is 6. The molecule has 7 heteroatoms. The van der Waals surface area contributed by atoms with Crippen molar-refractivity contribution < 1.29 is 23.6 Å². The predicted molar refractivity (Wildman–Crippen MR) is 92.6 cm³/mol. The van der Waals surface area contributed by atoms with E-state index in [1.165, 1.54) is 0 Å². The van der Waals surface area contributed by atoms with Crippen LogP contribution >= 0.6 is 0 Å². The molecule has 0 saturated carbocycles. The van der Waals surface area contributed by atoms with Gasteiger partial charge in [-0.3, -0.25) is 4.79 Å². The molecule has 0 radical (unpaired) electrons. The summed E-state index contributed by atoms with van der Waals surface area (Å²) in [5.74, 6) is -0.464. The summed E-state index contributed by atoms with van der Waals surface area (Å²) < 4.78 is 16.1. The maximum absolute atomic E-state index is 13.0. The number of esters is 1. The number of morpholine rings is 1. The fraction of sp³-hybridized carbons (Fsp3) is 0.421. The fourth-order valence-electron chi connectivity index (χ4n) is 2.93. The number of aromatic nitrogens is 1. The van der Waals surface area contributed by atoms with E-state index in [2.05, 4.69) is 5.16 Å². The highest BCUT2D eigenvalue weighted by molar-refractivity contribution is 5.94. The van der Waals surface area contributed by atoms with Gasteiger partial charge in [-0.25, -0.2) is 4.79 Å². The lowest BCUT2D eigenvalue weighted by Gasteiger charge is -2.30. The Morgan fingerprint density at radius 3 is 2.58 bits per heavy atom. The van der Waals surface area contributed by atoms with Crippen LogP contribution in [-0.2, 0) is 20.7 Å². The van der Waals surface area contributed by atoms with Gasteiger partial charge >= 0.3 is 5.97 Å². The second-order valence-corrected chi connectivity index (χ2v) is 6.05. The topological polar surface area (TPSA) is 81.9 Å². The van der Waals surface area contributed by atoms with E-state index in [9.17, 15) is 9.59 Å². The lowest BCUT2D eigenvalue weighted by Crippen LogP contribution is -2.44. The van der Waals surface area contributed by atoms with Crippen LogP contribution in [0.4, 0.5) is 0 Å². The van der Waals surface area contributed by atoms with E-state index < -0.39 is 12.1 Å². The van der Waals surface area contributed by atoms with E-state index in [-0.39, 0.29) is 5.91 Å². The van der Waals surface area contributed by atoms with Crippen LogP contribution in [0.2, 0.25) is 0 Å². The molecule has 1 saturated heterocycles. The van der Waals surface area contributed by atoms with E-state index >= 15 is 0 Å². The van der Waals surface area contributed by atoms with E-state index in [1.807, 2.05) is 25.1 Å². The molecule has 26 heavy (non-hydrogen) atoms. The highest BCUT2D eigenvalue weighted by Crippen LogP contribution is 2.24. The summed E-state index contributed by atoms with van der Waals surface area (Å²) in [6, 6.07) is 9.02. The molecule has 2 heterocycles. The molecular weight excluding hydrogens is 336 g/mol. The van der Waals surface area contributed by atoms with Gasteiger partial charge in [0, 0.05) is 18.7 Å². The molecule has 1 unspecified atom stereocenters. The van der Waals surface area contributed by atoms with Gasteiger partial charge in [0.15, 0.2) is 0 Å². The fourth-order valence-corrected chi connectivity index (χ4v) is 2.93. The highest BCUT2D eigenvalue weighted by atomic mass is 16.6. The zero-order chi connectivity index (χ0) is 18.5. The number of aryl methyl sites for hydroxylation is 2. The van der Waals surface area contributed by atoms with E-state index in [0.717, 1.165) is 0 Å². The molecule has 138 valence electrons. The quantitative estimate of drug-likeness (QED) is 0.763. The van der Waals surface area contributed by atoms with Gasteiger partial charge in [0.05, 0.1) is 18.9 Å². The van der Waals surface area contributed by atoms with Crippen LogP contribution in [0.15, 0.2) is 34.9 Å². The summed E-state index contributed by atoms with van der Waals surface area (Å²) in [5.41, 5.74) is 1.45. The molecule has 0 N–H and O–H groups in total. The van der Waals surface area contributed by atoms with Gasteiger partial charge in [-0.15, -0.1) is 0 Å². The van der Waals surface area contributed by atoms with Gasteiger partial charge in [-0.2, -0.15) is 0 Å². The Hall–Kier alpha value is -2.67. The molecule has 1 fully saturated rings. The standard InChI is InChI=1S/C19H22N2O5/c1-3-15-16(13(2)26-20-15)19(23)25-17(14-7-5-4-6-8-14)18(22)21-9-11-24-12-10-21/h4-8,17H,3,9-12H2,1-2H3. The van der Waals surface area contributed by atoms with Gasteiger partial charge in [0.1, 0.15) is 11.3 Å². The van der Waals surface area contributed by atoms with Gasteiger partial charge in [-0.1, -0.05) is 42.4 Å². The largest absolute Gasteiger partial charge is 0.444 e. The molecule has 7 nitrogen and oxygen atoms in total. The molecular formula is C19H22N2O5. The Balaban J connectivity index is 1.87. The zero-order valence-electron chi connectivity index (χ0n) is 14.9. The van der Waals surface area contributed by atoms with Crippen LogP contribution in [0.5, 0.6) is 0 Å². The van der Waals surface area contributed by atoms with Gasteiger partial charge in [-0.05, 0) is 13.3 Å². The lowest BCUT2D eigenvalue weighted by molar-refractivity contribution is -0.145. The maximum atomic E-state index is 13.0. The normalized spacial score (nSPS) is 15.5. The first-order chi connectivity index (χ1) is 12.6. The molecule has 1 atom stereocenters. The molecule has 2 aromatic rings. The summed E-state index contributed by atoms with van der Waals surface area (Å²) >= 11 is 0. The summed E-state index contributed by atoms with van der Waals surface area (Å²) in [5, 5.41) is 3.88. The van der Waals surface area contributed by atoms with Crippen molar-refractivity contribution >= 4 is 11.9 Å². The smallest absolute Gasteiger partial charge is 0.344 e. The molecule has 0 bridgehead atoms. The number of benzene rings is 1. The van der Waals surface area contributed by atoms with Crippen LogP contribution in [0, 0.1) is 6.92 Å². The van der Waals surface area contributed by atoms with E-state index in [4.69, 9.17) is 14.0 Å². The van der Waals surface area contributed by atoms with Crippen molar-refractivity contribution in [3.8, 4) is 0 Å². The Bertz CT molecular complexity index is 765. The van der Waals surface area contributed by atoms with Crippen LogP contribution in [-0.4, -0.2) is 48.2 Å². The minimum absolute atomic E-state index is 0.250. The first-order valence-electron chi connectivity index (χ1n) is 8.69. The molecule has 3 rings (SSSR count). The van der Waals surface area contributed by atoms with Crippen LogP contribution in [0.25, 0.3) is 0 Å². The molecule has 0 spiro atoms. The van der Waals surface area contributed by atoms with Crippen molar-refractivity contribution in [1.29, 1.82) is 0 Å². The van der Waals surface area contributed by atoms with Gasteiger partial charge in [0.25, 0.3) is 5.91 Å². The first-order valence-corrected chi connectivity index (χ1v) is 8.69. The number of amides is 1. The second kappa shape index (κ2) is 8.14. The molecule has 0 aliphatic carbocycles. The summed E-state index contributed by atoms with van der Waals surface area (Å²) in [7, 11) is 0. The Morgan fingerprint density at radius 1 is 1.23 bits per heavy atom. The number of carbonyl (C=O) groups excluding carboxylic acids is 2. The SMILES string of the molecule is CCc1noc(C)c1C(=O)OC(C(=O)N1CCOCC1)c1ccccc1. The third kappa shape index (κ3) is 3.77. The summed E-state index contributed by atoms with van der Waals surface area (Å²) in [6.45, 7) is 5.45. The average molecular weight is 358 g/mol. The van der Waals surface area contributed by atoms with Crippen LogP contribution in [0.3, 0.4) is 0 Å². The molecule has 1 aromatic heterocycles. The average Bonchev–Trinajstić information content (AvgIpc) is 3.07. The van der Waals surface area contributed by atoms with Crippen molar-refractivity contribution in [3.05, 3.63) is 52.9 Å². The predicted octanol–water partition coefficient (Wildman–Crippen LogP) is 2.30. The number of hydrogen-bond donors (Lipinski definition) is 0. The van der Waals surface area contributed by atoms with E-state index in [0.29, 0.717) is 55.3 Å². The van der Waals surface area contributed by atoms with Crippen molar-refractivity contribution in [1.82, 2.24) is 10.1 Å². The summed E-state index contributed by atoms with van der Waals surface area (Å²) in [4.78, 5) is 27.4.